The van der Waals surface area contributed by atoms with Crippen LogP contribution in [0.2, 0.25) is 0 Å². The molecule has 0 unspecified atom stereocenters. The molecular formula is C14H17F2N3O. The molecule has 2 N–H and O–H groups in total. The number of benzene rings is 1. The molecule has 0 aliphatic rings. The van der Waals surface area contributed by atoms with Crippen molar-refractivity contribution < 1.29 is 13.9 Å². The highest BCUT2D eigenvalue weighted by Gasteiger charge is 2.12. The quantitative estimate of drug-likeness (QED) is 0.850. The predicted molar refractivity (Wildman–Crippen MR) is 71.0 cm³/mol. The fourth-order valence-electron chi connectivity index (χ4n) is 1.90. The third kappa shape index (κ3) is 3.85. The summed E-state index contributed by atoms with van der Waals surface area (Å²) in [7, 11) is 0. The van der Waals surface area contributed by atoms with Crippen LogP contribution in [0.15, 0.2) is 36.7 Å². The Morgan fingerprint density at radius 3 is 2.80 bits per heavy atom. The van der Waals surface area contributed by atoms with Gasteiger partial charge in [-0.2, -0.15) is 5.10 Å². The van der Waals surface area contributed by atoms with Crippen molar-refractivity contribution in [2.24, 2.45) is 0 Å². The van der Waals surface area contributed by atoms with E-state index in [1.54, 1.807) is 10.9 Å². The van der Waals surface area contributed by atoms with Crippen molar-refractivity contribution in [3.05, 3.63) is 53.9 Å². The minimum absolute atomic E-state index is 0.0924. The number of aromatic nitrogens is 2. The largest absolute Gasteiger partial charge is 0.387 e. The van der Waals surface area contributed by atoms with Gasteiger partial charge in [0.15, 0.2) is 11.6 Å². The summed E-state index contributed by atoms with van der Waals surface area (Å²) in [6.07, 6.45) is 2.66. The molecule has 0 fully saturated rings. The molecule has 1 heterocycles. The van der Waals surface area contributed by atoms with E-state index in [0.717, 1.165) is 12.1 Å². The van der Waals surface area contributed by atoms with Gasteiger partial charge >= 0.3 is 0 Å². The summed E-state index contributed by atoms with van der Waals surface area (Å²) >= 11 is 0. The number of hydrogen-bond acceptors (Lipinski definition) is 3. The average Bonchev–Trinajstić information content (AvgIpc) is 2.92. The molecule has 0 spiro atoms. The highest BCUT2D eigenvalue weighted by Crippen LogP contribution is 2.15. The molecule has 6 heteroatoms. The Balaban J connectivity index is 1.85. The summed E-state index contributed by atoms with van der Waals surface area (Å²) < 4.78 is 27.7. The van der Waals surface area contributed by atoms with E-state index < -0.39 is 17.7 Å². The molecule has 0 radical (unpaired) electrons. The zero-order valence-corrected chi connectivity index (χ0v) is 11.1. The van der Waals surface area contributed by atoms with E-state index >= 15 is 0 Å². The molecule has 1 aromatic carbocycles. The third-order valence-electron chi connectivity index (χ3n) is 3.01. The van der Waals surface area contributed by atoms with Crippen LogP contribution in [-0.2, 0) is 6.54 Å². The van der Waals surface area contributed by atoms with Crippen LogP contribution in [0.3, 0.4) is 0 Å². The SMILES string of the molecule is C[C@H](Cn1cccn1)NC[C@H](O)c1ccc(F)c(F)c1. The molecule has 20 heavy (non-hydrogen) atoms. The molecule has 0 saturated heterocycles. The van der Waals surface area contributed by atoms with Crippen LogP contribution >= 0.6 is 0 Å². The Bertz CT molecular complexity index is 545. The van der Waals surface area contributed by atoms with Crippen molar-refractivity contribution in [1.82, 2.24) is 15.1 Å². The van der Waals surface area contributed by atoms with Gasteiger partial charge in [0.25, 0.3) is 0 Å². The number of aliphatic hydroxyl groups excluding tert-OH is 1. The highest BCUT2D eigenvalue weighted by atomic mass is 19.2. The van der Waals surface area contributed by atoms with Gasteiger partial charge in [0, 0.05) is 25.0 Å². The van der Waals surface area contributed by atoms with Gasteiger partial charge in [-0.15, -0.1) is 0 Å². The number of hydrogen-bond donors (Lipinski definition) is 2. The van der Waals surface area contributed by atoms with Crippen molar-refractivity contribution in [2.45, 2.75) is 25.6 Å². The predicted octanol–water partition coefficient (Wildman–Crippen LogP) is 1.87. The van der Waals surface area contributed by atoms with Crippen LogP contribution < -0.4 is 5.32 Å². The lowest BCUT2D eigenvalue weighted by atomic mass is 10.1. The van der Waals surface area contributed by atoms with E-state index in [9.17, 15) is 13.9 Å². The first-order valence-electron chi connectivity index (χ1n) is 6.40. The molecule has 0 aliphatic carbocycles. The summed E-state index contributed by atoms with van der Waals surface area (Å²) in [5, 5.41) is 17.1. The van der Waals surface area contributed by atoms with Crippen molar-refractivity contribution in [1.29, 1.82) is 0 Å². The lowest BCUT2D eigenvalue weighted by molar-refractivity contribution is 0.168. The van der Waals surface area contributed by atoms with Crippen LogP contribution in [0, 0.1) is 11.6 Å². The average molecular weight is 281 g/mol. The summed E-state index contributed by atoms with van der Waals surface area (Å²) in [5.74, 6) is -1.87. The molecule has 0 saturated carbocycles. The second kappa shape index (κ2) is 6.58. The lowest BCUT2D eigenvalue weighted by Gasteiger charge is -2.17. The minimum Gasteiger partial charge on any atom is -0.387 e. The van der Waals surface area contributed by atoms with E-state index in [4.69, 9.17) is 0 Å². The van der Waals surface area contributed by atoms with Gasteiger partial charge < -0.3 is 10.4 Å². The van der Waals surface area contributed by atoms with Crippen molar-refractivity contribution >= 4 is 0 Å². The monoisotopic (exact) mass is 281 g/mol. The molecule has 108 valence electrons. The molecule has 1 aromatic heterocycles. The first-order valence-corrected chi connectivity index (χ1v) is 6.40. The second-order valence-corrected chi connectivity index (χ2v) is 4.73. The van der Waals surface area contributed by atoms with Crippen LogP contribution in [-0.4, -0.2) is 27.5 Å². The minimum atomic E-state index is -0.953. The van der Waals surface area contributed by atoms with Gasteiger partial charge in [-0.25, -0.2) is 8.78 Å². The van der Waals surface area contributed by atoms with Crippen LogP contribution in [0.5, 0.6) is 0 Å². The maximum atomic E-state index is 13.1. The van der Waals surface area contributed by atoms with E-state index in [1.807, 2.05) is 19.2 Å². The number of rotatable bonds is 6. The Morgan fingerprint density at radius 1 is 1.35 bits per heavy atom. The second-order valence-electron chi connectivity index (χ2n) is 4.73. The van der Waals surface area contributed by atoms with E-state index in [2.05, 4.69) is 10.4 Å². The maximum absolute atomic E-state index is 13.1. The fourth-order valence-corrected chi connectivity index (χ4v) is 1.90. The molecule has 4 nitrogen and oxygen atoms in total. The number of nitrogens with zero attached hydrogens (tertiary/aromatic N) is 2. The van der Waals surface area contributed by atoms with Crippen LogP contribution in [0.1, 0.15) is 18.6 Å². The standard InChI is InChI=1S/C14H17F2N3O/c1-10(9-19-6-2-5-18-19)17-8-14(20)11-3-4-12(15)13(16)7-11/h2-7,10,14,17,20H,8-9H2,1H3/t10-,14+/m1/s1. The molecule has 2 atom stereocenters. The van der Waals surface area contributed by atoms with E-state index in [1.165, 1.54) is 6.07 Å². The molecule has 2 aromatic rings. The molecule has 2 rings (SSSR count). The zero-order valence-electron chi connectivity index (χ0n) is 11.1. The van der Waals surface area contributed by atoms with Crippen molar-refractivity contribution in [3.63, 3.8) is 0 Å². The number of aliphatic hydroxyl groups is 1. The Labute approximate surface area is 116 Å². The molecule has 0 amide bonds. The highest BCUT2D eigenvalue weighted by molar-refractivity contribution is 5.20. The smallest absolute Gasteiger partial charge is 0.159 e. The lowest BCUT2D eigenvalue weighted by Crippen LogP contribution is -2.33. The number of halogens is 2. The summed E-state index contributed by atoms with van der Waals surface area (Å²) in [4.78, 5) is 0. The normalized spacial score (nSPS) is 14.2. The van der Waals surface area contributed by atoms with Crippen LogP contribution in [0.4, 0.5) is 8.78 Å². The van der Waals surface area contributed by atoms with Crippen molar-refractivity contribution in [2.75, 3.05) is 6.54 Å². The zero-order chi connectivity index (χ0) is 14.5. The van der Waals surface area contributed by atoms with Gasteiger partial charge in [0.05, 0.1) is 12.6 Å². The number of nitrogens with one attached hydrogen (secondary N) is 1. The summed E-state index contributed by atoms with van der Waals surface area (Å²) in [6, 6.07) is 5.34. The van der Waals surface area contributed by atoms with Crippen LogP contribution in [0.25, 0.3) is 0 Å². The summed E-state index contributed by atoms with van der Waals surface area (Å²) in [5.41, 5.74) is 0.350. The molecule has 0 aliphatic heterocycles. The third-order valence-corrected chi connectivity index (χ3v) is 3.01. The molecule has 0 bridgehead atoms. The van der Waals surface area contributed by atoms with Gasteiger partial charge in [-0.3, -0.25) is 4.68 Å². The fraction of sp³-hybridized carbons (Fsp3) is 0.357. The van der Waals surface area contributed by atoms with Gasteiger partial charge in [-0.05, 0) is 30.7 Å². The van der Waals surface area contributed by atoms with E-state index in [-0.39, 0.29) is 12.6 Å². The van der Waals surface area contributed by atoms with E-state index in [0.29, 0.717) is 12.1 Å². The van der Waals surface area contributed by atoms with Gasteiger partial charge in [-0.1, -0.05) is 6.07 Å². The first kappa shape index (κ1) is 14.6. The summed E-state index contributed by atoms with van der Waals surface area (Å²) in [6.45, 7) is 2.88. The van der Waals surface area contributed by atoms with Gasteiger partial charge in [0.1, 0.15) is 0 Å². The Kier molecular flexibility index (Phi) is 4.81. The maximum Gasteiger partial charge on any atom is 0.159 e. The Morgan fingerprint density at radius 2 is 2.15 bits per heavy atom. The first-order chi connectivity index (χ1) is 9.56. The topological polar surface area (TPSA) is 50.1 Å². The van der Waals surface area contributed by atoms with Gasteiger partial charge in [0.2, 0.25) is 0 Å². The van der Waals surface area contributed by atoms with Crippen molar-refractivity contribution in [3.8, 4) is 0 Å². The molecular weight excluding hydrogens is 264 g/mol. The Hall–Kier alpha value is -1.79.